The largest absolute Gasteiger partial charge is 0.376 e. The molecule has 1 atom stereocenters. The molecule has 140 valence electrons. The molecule has 0 aromatic heterocycles. The maximum absolute atomic E-state index is 12.1. The van der Waals surface area contributed by atoms with Crippen LogP contribution in [0.2, 0.25) is 0 Å². The van der Waals surface area contributed by atoms with Crippen LogP contribution in [0.3, 0.4) is 0 Å². The van der Waals surface area contributed by atoms with Crippen LogP contribution in [-0.2, 0) is 4.74 Å². The Morgan fingerprint density at radius 3 is 2.62 bits per heavy atom. The molecule has 6 heteroatoms. The Labute approximate surface area is 154 Å². The molecule has 0 radical (unpaired) electrons. The summed E-state index contributed by atoms with van der Waals surface area (Å²) in [6, 6.07) is 6.67. The van der Waals surface area contributed by atoms with Crippen LogP contribution in [0.25, 0.3) is 0 Å². The van der Waals surface area contributed by atoms with E-state index in [1.807, 2.05) is 0 Å². The minimum Gasteiger partial charge on any atom is -0.376 e. The first-order chi connectivity index (χ1) is 12.7. The smallest absolute Gasteiger partial charge is 0.319 e. The molecule has 1 heterocycles. The van der Waals surface area contributed by atoms with Gasteiger partial charge in [0.25, 0.3) is 5.91 Å². The summed E-state index contributed by atoms with van der Waals surface area (Å²) in [5, 5.41) is 8.56. The molecule has 1 aromatic rings. The second kappa shape index (κ2) is 9.38. The number of nitrogens with one attached hydrogen (secondary N) is 3. The molecular formula is C20H27N3O3. The van der Waals surface area contributed by atoms with Crippen molar-refractivity contribution in [2.24, 2.45) is 0 Å². The fraction of sp³-hybridized carbons (Fsp3) is 0.500. The summed E-state index contributed by atoms with van der Waals surface area (Å²) in [7, 11) is 0. The van der Waals surface area contributed by atoms with Crippen molar-refractivity contribution in [1.29, 1.82) is 0 Å². The highest BCUT2D eigenvalue weighted by atomic mass is 16.5. The Balaban J connectivity index is 1.42. The zero-order valence-corrected chi connectivity index (χ0v) is 15.1. The van der Waals surface area contributed by atoms with E-state index in [-0.39, 0.29) is 18.0 Å². The Hall–Kier alpha value is -2.34. The fourth-order valence-electron chi connectivity index (χ4n) is 3.25. The molecule has 26 heavy (non-hydrogen) atoms. The standard InChI is InChI=1S/C20H27N3O3/c24-19(21-14-18-7-4-12-26-18)16-8-10-17(11-9-16)23-20(25)22-13-15-5-2-1-3-6-15/h5,8-11,18H,1-4,6-7,12-14H2,(H,21,24)(H2,22,23,25). The zero-order chi connectivity index (χ0) is 18.2. The molecule has 1 saturated heterocycles. The fourth-order valence-corrected chi connectivity index (χ4v) is 3.25. The van der Waals surface area contributed by atoms with Crippen LogP contribution in [0.15, 0.2) is 35.9 Å². The Morgan fingerprint density at radius 2 is 1.92 bits per heavy atom. The number of urea groups is 1. The van der Waals surface area contributed by atoms with Gasteiger partial charge in [0.1, 0.15) is 0 Å². The zero-order valence-electron chi connectivity index (χ0n) is 15.1. The summed E-state index contributed by atoms with van der Waals surface area (Å²) in [4.78, 5) is 24.1. The molecule has 1 aliphatic carbocycles. The molecule has 0 saturated carbocycles. The van der Waals surface area contributed by atoms with Crippen molar-refractivity contribution in [2.45, 2.75) is 44.6 Å². The lowest BCUT2D eigenvalue weighted by atomic mass is 10.00. The monoisotopic (exact) mass is 357 g/mol. The van der Waals surface area contributed by atoms with Gasteiger partial charge < -0.3 is 20.7 Å². The molecule has 1 fully saturated rings. The molecule has 2 aliphatic rings. The van der Waals surface area contributed by atoms with Gasteiger partial charge in [-0.2, -0.15) is 0 Å². The van der Waals surface area contributed by atoms with Crippen molar-refractivity contribution >= 4 is 17.6 Å². The van der Waals surface area contributed by atoms with Gasteiger partial charge in [-0.1, -0.05) is 11.6 Å². The van der Waals surface area contributed by atoms with E-state index in [9.17, 15) is 9.59 Å². The summed E-state index contributed by atoms with van der Waals surface area (Å²) in [6.07, 6.45) is 9.01. The van der Waals surface area contributed by atoms with E-state index in [2.05, 4.69) is 22.0 Å². The summed E-state index contributed by atoms with van der Waals surface area (Å²) in [5.41, 5.74) is 2.53. The number of carbonyl (C=O) groups excluding carboxylic acids is 2. The molecule has 6 nitrogen and oxygen atoms in total. The minimum atomic E-state index is -0.230. The van der Waals surface area contributed by atoms with Gasteiger partial charge in [-0.25, -0.2) is 4.79 Å². The van der Waals surface area contributed by atoms with Crippen LogP contribution in [-0.4, -0.2) is 37.7 Å². The van der Waals surface area contributed by atoms with Crippen LogP contribution >= 0.6 is 0 Å². The van der Waals surface area contributed by atoms with E-state index in [4.69, 9.17) is 4.74 Å². The molecule has 0 bridgehead atoms. The minimum absolute atomic E-state index is 0.124. The first-order valence-corrected chi connectivity index (χ1v) is 9.43. The van der Waals surface area contributed by atoms with Gasteiger partial charge in [-0.3, -0.25) is 4.79 Å². The molecule has 0 spiro atoms. The predicted molar refractivity (Wildman–Crippen MR) is 101 cm³/mol. The predicted octanol–water partition coefficient (Wildman–Crippen LogP) is 3.22. The van der Waals surface area contributed by atoms with Crippen molar-refractivity contribution in [3.8, 4) is 0 Å². The van der Waals surface area contributed by atoms with E-state index in [0.29, 0.717) is 24.3 Å². The number of allylic oxidation sites excluding steroid dienone is 1. The van der Waals surface area contributed by atoms with Gasteiger partial charge in [0, 0.05) is 30.9 Å². The summed E-state index contributed by atoms with van der Waals surface area (Å²) in [5.74, 6) is -0.124. The molecule has 3 amide bonds. The summed E-state index contributed by atoms with van der Waals surface area (Å²) >= 11 is 0. The summed E-state index contributed by atoms with van der Waals surface area (Å²) in [6.45, 7) is 1.91. The van der Waals surface area contributed by atoms with Crippen molar-refractivity contribution in [2.75, 3.05) is 25.0 Å². The number of carbonyl (C=O) groups is 2. The third-order valence-electron chi connectivity index (χ3n) is 4.78. The number of rotatable bonds is 6. The Kier molecular flexibility index (Phi) is 6.66. The Bertz CT molecular complexity index is 649. The normalized spacial score (nSPS) is 19.5. The van der Waals surface area contributed by atoms with E-state index >= 15 is 0 Å². The highest BCUT2D eigenvalue weighted by Crippen LogP contribution is 2.16. The van der Waals surface area contributed by atoms with Gasteiger partial charge in [-0.15, -0.1) is 0 Å². The number of hydrogen-bond donors (Lipinski definition) is 3. The highest BCUT2D eigenvalue weighted by Gasteiger charge is 2.16. The summed E-state index contributed by atoms with van der Waals surface area (Å²) < 4.78 is 5.50. The Morgan fingerprint density at radius 1 is 1.08 bits per heavy atom. The van der Waals surface area contributed by atoms with Crippen molar-refractivity contribution in [1.82, 2.24) is 10.6 Å². The van der Waals surface area contributed by atoms with E-state index in [1.165, 1.54) is 18.4 Å². The average molecular weight is 357 g/mol. The number of amides is 3. The van der Waals surface area contributed by atoms with Gasteiger partial charge in [0.05, 0.1) is 6.10 Å². The van der Waals surface area contributed by atoms with Gasteiger partial charge in [-0.05, 0) is 62.8 Å². The molecule has 1 aliphatic heterocycles. The second-order valence-corrected chi connectivity index (χ2v) is 6.84. The van der Waals surface area contributed by atoms with Crippen LogP contribution in [0, 0.1) is 0 Å². The van der Waals surface area contributed by atoms with Gasteiger partial charge in [0.2, 0.25) is 0 Å². The lowest BCUT2D eigenvalue weighted by Gasteiger charge is -2.14. The van der Waals surface area contributed by atoms with Gasteiger partial charge >= 0.3 is 6.03 Å². The molecule has 1 aromatic carbocycles. The number of ether oxygens (including phenoxy) is 1. The molecule has 3 N–H and O–H groups in total. The highest BCUT2D eigenvalue weighted by molar-refractivity contribution is 5.95. The van der Waals surface area contributed by atoms with Crippen LogP contribution in [0.5, 0.6) is 0 Å². The van der Waals surface area contributed by atoms with Gasteiger partial charge in [0.15, 0.2) is 0 Å². The van der Waals surface area contributed by atoms with E-state index in [1.54, 1.807) is 24.3 Å². The van der Waals surface area contributed by atoms with E-state index in [0.717, 1.165) is 32.3 Å². The SMILES string of the molecule is O=C(NCC1=CCCCC1)Nc1ccc(C(=O)NCC2CCCO2)cc1. The lowest BCUT2D eigenvalue weighted by Crippen LogP contribution is -2.32. The number of anilines is 1. The van der Waals surface area contributed by atoms with Crippen molar-refractivity contribution in [3.63, 3.8) is 0 Å². The first kappa shape index (κ1) is 18.5. The third kappa shape index (κ3) is 5.59. The third-order valence-corrected chi connectivity index (χ3v) is 4.78. The number of benzene rings is 1. The lowest BCUT2D eigenvalue weighted by molar-refractivity contribution is 0.0858. The van der Waals surface area contributed by atoms with Crippen LogP contribution in [0.1, 0.15) is 48.9 Å². The topological polar surface area (TPSA) is 79.5 Å². The maximum atomic E-state index is 12.1. The van der Waals surface area contributed by atoms with Crippen molar-refractivity contribution in [3.05, 3.63) is 41.5 Å². The quantitative estimate of drug-likeness (QED) is 0.684. The second-order valence-electron chi connectivity index (χ2n) is 6.84. The van der Waals surface area contributed by atoms with Crippen LogP contribution in [0.4, 0.5) is 10.5 Å². The first-order valence-electron chi connectivity index (χ1n) is 9.43. The maximum Gasteiger partial charge on any atom is 0.319 e. The molecule has 1 unspecified atom stereocenters. The number of hydrogen-bond acceptors (Lipinski definition) is 3. The molecular weight excluding hydrogens is 330 g/mol. The van der Waals surface area contributed by atoms with Crippen molar-refractivity contribution < 1.29 is 14.3 Å². The van der Waals surface area contributed by atoms with Crippen LogP contribution < -0.4 is 16.0 Å². The van der Waals surface area contributed by atoms with E-state index < -0.39 is 0 Å². The molecule has 3 rings (SSSR count). The average Bonchev–Trinajstić information content (AvgIpc) is 3.19.